The lowest BCUT2D eigenvalue weighted by Gasteiger charge is -2.32. The molecule has 5 heteroatoms. The Labute approximate surface area is 183 Å². The van der Waals surface area contributed by atoms with Crippen LogP contribution in [0.3, 0.4) is 0 Å². The van der Waals surface area contributed by atoms with E-state index < -0.39 is 0 Å². The Morgan fingerprint density at radius 1 is 0.839 bits per heavy atom. The van der Waals surface area contributed by atoms with Crippen molar-refractivity contribution in [2.45, 2.75) is 19.3 Å². The van der Waals surface area contributed by atoms with E-state index in [1.54, 1.807) is 4.90 Å². The van der Waals surface area contributed by atoms with Crippen molar-refractivity contribution < 1.29 is 9.59 Å². The minimum atomic E-state index is -0.222. The number of nitrogens with one attached hydrogen (secondary N) is 2. The molecule has 1 saturated heterocycles. The molecular weight excluding hydrogens is 386 g/mol. The molecule has 1 fully saturated rings. The molecule has 5 nitrogen and oxygen atoms in total. The van der Waals surface area contributed by atoms with E-state index >= 15 is 0 Å². The molecule has 0 spiro atoms. The van der Waals surface area contributed by atoms with Crippen molar-refractivity contribution in [3.63, 3.8) is 0 Å². The molecule has 0 radical (unpaired) electrons. The van der Waals surface area contributed by atoms with E-state index in [1.807, 2.05) is 72.8 Å². The number of benzene rings is 3. The number of carbonyl (C=O) groups is 2. The second kappa shape index (κ2) is 9.94. The molecule has 31 heavy (non-hydrogen) atoms. The van der Waals surface area contributed by atoms with Crippen LogP contribution in [0.15, 0.2) is 84.9 Å². The minimum Gasteiger partial charge on any atom is -0.326 e. The molecular formula is C26H27N3O2. The summed E-state index contributed by atoms with van der Waals surface area (Å²) < 4.78 is 0. The fourth-order valence-corrected chi connectivity index (χ4v) is 3.95. The van der Waals surface area contributed by atoms with Crippen LogP contribution in [0.4, 0.5) is 16.2 Å². The topological polar surface area (TPSA) is 61.4 Å². The smallest absolute Gasteiger partial charge is 0.321 e. The lowest BCUT2D eigenvalue weighted by molar-refractivity contribution is -0.121. The summed E-state index contributed by atoms with van der Waals surface area (Å²) in [5, 5.41) is 6.02. The van der Waals surface area contributed by atoms with Crippen LogP contribution in [0.1, 0.15) is 24.0 Å². The predicted octanol–water partition coefficient (Wildman–Crippen LogP) is 5.16. The molecule has 3 amide bonds. The Bertz CT molecular complexity index is 1020. The van der Waals surface area contributed by atoms with E-state index in [4.69, 9.17) is 0 Å². The van der Waals surface area contributed by atoms with E-state index in [0.29, 0.717) is 13.1 Å². The van der Waals surface area contributed by atoms with Gasteiger partial charge in [-0.15, -0.1) is 0 Å². The molecule has 158 valence electrons. The van der Waals surface area contributed by atoms with E-state index in [9.17, 15) is 9.59 Å². The van der Waals surface area contributed by atoms with Gasteiger partial charge in [0.1, 0.15) is 0 Å². The van der Waals surface area contributed by atoms with Crippen molar-refractivity contribution in [1.29, 1.82) is 0 Å². The maximum Gasteiger partial charge on any atom is 0.321 e. The van der Waals surface area contributed by atoms with Gasteiger partial charge < -0.3 is 15.5 Å². The van der Waals surface area contributed by atoms with Crippen LogP contribution in [0.2, 0.25) is 0 Å². The third kappa shape index (κ3) is 5.51. The molecule has 0 saturated carbocycles. The number of hydrogen-bond acceptors (Lipinski definition) is 2. The molecule has 1 heterocycles. The van der Waals surface area contributed by atoms with Gasteiger partial charge in [0.05, 0.1) is 5.92 Å². The Kier molecular flexibility index (Phi) is 6.62. The second-order valence-corrected chi connectivity index (χ2v) is 7.89. The van der Waals surface area contributed by atoms with Crippen LogP contribution < -0.4 is 10.6 Å². The highest BCUT2D eigenvalue weighted by Crippen LogP contribution is 2.23. The van der Waals surface area contributed by atoms with Crippen LogP contribution in [0.5, 0.6) is 0 Å². The summed E-state index contributed by atoms with van der Waals surface area (Å²) in [4.78, 5) is 27.4. The number of likely N-dealkylation sites (tertiary alicyclic amines) is 1. The maximum absolute atomic E-state index is 13.0. The Hall–Kier alpha value is -3.60. The molecule has 3 aromatic carbocycles. The fourth-order valence-electron chi connectivity index (χ4n) is 3.95. The molecule has 2 N–H and O–H groups in total. The van der Waals surface area contributed by atoms with Gasteiger partial charge in [-0.25, -0.2) is 4.79 Å². The number of nitrogens with zero attached hydrogens (tertiary/aromatic N) is 1. The summed E-state index contributed by atoms with van der Waals surface area (Å²) in [7, 11) is 0. The number of urea groups is 1. The van der Waals surface area contributed by atoms with Gasteiger partial charge in [-0.2, -0.15) is 0 Å². The molecule has 1 atom stereocenters. The SMILES string of the molecule is O=C(Nc1ccccc1Cc1ccccc1)C1CCCN(C(=O)Nc2ccccc2)C1. The van der Waals surface area contributed by atoms with Crippen molar-refractivity contribution in [2.24, 2.45) is 5.92 Å². The number of anilines is 2. The van der Waals surface area contributed by atoms with E-state index in [0.717, 1.165) is 36.2 Å². The van der Waals surface area contributed by atoms with Gasteiger partial charge in [0, 0.05) is 24.5 Å². The summed E-state index contributed by atoms with van der Waals surface area (Å²) in [6.07, 6.45) is 2.35. The van der Waals surface area contributed by atoms with Gasteiger partial charge in [0.15, 0.2) is 0 Å². The standard InChI is InChI=1S/C26H27N3O2/c30-25(28-24-16-8-7-12-21(24)18-20-10-3-1-4-11-20)22-13-9-17-29(19-22)26(31)27-23-14-5-2-6-15-23/h1-8,10-12,14-16,22H,9,13,17-19H2,(H,27,31)(H,28,30). The highest BCUT2D eigenvalue weighted by atomic mass is 16.2. The first kappa shape index (κ1) is 20.7. The number of rotatable bonds is 5. The van der Waals surface area contributed by atoms with Gasteiger partial charge in [-0.05, 0) is 48.6 Å². The summed E-state index contributed by atoms with van der Waals surface area (Å²) in [5.74, 6) is -0.252. The van der Waals surface area contributed by atoms with Crippen LogP contribution >= 0.6 is 0 Å². The first-order valence-corrected chi connectivity index (χ1v) is 10.7. The molecule has 1 unspecified atom stereocenters. The summed E-state index contributed by atoms with van der Waals surface area (Å²) in [5.41, 5.74) is 3.87. The predicted molar refractivity (Wildman–Crippen MR) is 124 cm³/mol. The Morgan fingerprint density at radius 3 is 2.29 bits per heavy atom. The van der Waals surface area contributed by atoms with E-state index in [2.05, 4.69) is 22.8 Å². The largest absolute Gasteiger partial charge is 0.326 e. The summed E-state index contributed by atoms with van der Waals surface area (Å²) in [6.45, 7) is 1.08. The molecule has 0 bridgehead atoms. The Morgan fingerprint density at radius 2 is 1.52 bits per heavy atom. The summed E-state index contributed by atoms with van der Waals surface area (Å²) in [6, 6.07) is 27.4. The number of carbonyl (C=O) groups excluding carboxylic acids is 2. The van der Waals surface area contributed by atoms with Crippen LogP contribution in [-0.4, -0.2) is 29.9 Å². The van der Waals surface area contributed by atoms with Crippen molar-refractivity contribution >= 4 is 23.3 Å². The number of hydrogen-bond donors (Lipinski definition) is 2. The van der Waals surface area contributed by atoms with E-state index in [-0.39, 0.29) is 17.9 Å². The highest BCUT2D eigenvalue weighted by molar-refractivity contribution is 5.94. The lowest BCUT2D eigenvalue weighted by Crippen LogP contribution is -2.45. The van der Waals surface area contributed by atoms with E-state index in [1.165, 1.54) is 5.56 Å². The molecule has 3 aromatic rings. The molecule has 1 aliphatic rings. The van der Waals surface area contributed by atoms with Crippen molar-refractivity contribution in [3.05, 3.63) is 96.1 Å². The molecule has 0 aromatic heterocycles. The summed E-state index contributed by atoms with van der Waals surface area (Å²) >= 11 is 0. The third-order valence-electron chi connectivity index (χ3n) is 5.62. The number of amides is 3. The molecule has 4 rings (SSSR count). The highest BCUT2D eigenvalue weighted by Gasteiger charge is 2.28. The first-order chi connectivity index (χ1) is 15.2. The van der Waals surface area contributed by atoms with Gasteiger partial charge >= 0.3 is 6.03 Å². The lowest BCUT2D eigenvalue weighted by atomic mass is 9.96. The third-order valence-corrected chi connectivity index (χ3v) is 5.62. The normalized spacial score (nSPS) is 15.9. The zero-order valence-electron chi connectivity index (χ0n) is 17.5. The number of piperidine rings is 1. The average Bonchev–Trinajstić information content (AvgIpc) is 2.82. The molecule has 0 aliphatic carbocycles. The number of para-hydroxylation sites is 2. The molecule has 1 aliphatic heterocycles. The fraction of sp³-hybridized carbons (Fsp3) is 0.231. The van der Waals surface area contributed by atoms with Crippen molar-refractivity contribution in [3.8, 4) is 0 Å². The second-order valence-electron chi connectivity index (χ2n) is 7.89. The Balaban J connectivity index is 1.39. The zero-order valence-corrected chi connectivity index (χ0v) is 17.5. The van der Waals surface area contributed by atoms with Crippen LogP contribution in [0.25, 0.3) is 0 Å². The van der Waals surface area contributed by atoms with Crippen LogP contribution in [-0.2, 0) is 11.2 Å². The van der Waals surface area contributed by atoms with Gasteiger partial charge in [-0.3, -0.25) is 4.79 Å². The first-order valence-electron chi connectivity index (χ1n) is 10.7. The minimum absolute atomic E-state index is 0.0299. The average molecular weight is 414 g/mol. The van der Waals surface area contributed by atoms with Gasteiger partial charge in [0.25, 0.3) is 0 Å². The van der Waals surface area contributed by atoms with Crippen molar-refractivity contribution in [2.75, 3.05) is 23.7 Å². The quantitative estimate of drug-likeness (QED) is 0.607. The van der Waals surface area contributed by atoms with Crippen molar-refractivity contribution in [1.82, 2.24) is 4.90 Å². The van der Waals surface area contributed by atoms with Gasteiger partial charge in [-0.1, -0.05) is 66.7 Å². The zero-order chi connectivity index (χ0) is 21.5. The van der Waals surface area contributed by atoms with Gasteiger partial charge in [0.2, 0.25) is 5.91 Å². The monoisotopic (exact) mass is 413 g/mol. The van der Waals surface area contributed by atoms with Crippen LogP contribution in [0, 0.1) is 5.92 Å². The maximum atomic E-state index is 13.0.